The summed E-state index contributed by atoms with van der Waals surface area (Å²) >= 11 is 0. The van der Waals surface area contributed by atoms with Crippen LogP contribution in [0.1, 0.15) is 10.5 Å². The van der Waals surface area contributed by atoms with Crippen LogP contribution in [0.2, 0.25) is 0 Å². The minimum absolute atomic E-state index is 0.141. The molecule has 0 saturated carbocycles. The van der Waals surface area contributed by atoms with Crippen molar-refractivity contribution in [1.82, 2.24) is 9.78 Å². The molecule has 1 aromatic rings. The second-order valence-corrected chi connectivity index (χ2v) is 1.95. The summed E-state index contributed by atoms with van der Waals surface area (Å²) < 4.78 is 1.22. The van der Waals surface area contributed by atoms with Gasteiger partial charge in [-0.15, -0.1) is 0 Å². The van der Waals surface area contributed by atoms with Gasteiger partial charge in [0.2, 0.25) is 5.69 Å². The molecular weight excluding hydrogens is 150 g/mol. The Morgan fingerprint density at radius 3 is 2.82 bits per heavy atom. The van der Waals surface area contributed by atoms with Gasteiger partial charge in [0, 0.05) is 7.05 Å². The van der Waals surface area contributed by atoms with E-state index in [9.17, 15) is 14.9 Å². The standard InChI is InChI=1S/C5H5N3O3/c1-7-2-5(8(10)11)4(3-9)6-7/h2-3H,1H3. The Morgan fingerprint density at radius 1 is 1.82 bits per heavy atom. The van der Waals surface area contributed by atoms with Gasteiger partial charge in [-0.25, -0.2) is 0 Å². The van der Waals surface area contributed by atoms with Crippen LogP contribution in [0.15, 0.2) is 6.20 Å². The predicted molar refractivity (Wildman–Crippen MR) is 35.2 cm³/mol. The summed E-state index contributed by atoms with van der Waals surface area (Å²) in [4.78, 5) is 19.7. The topological polar surface area (TPSA) is 78.0 Å². The van der Waals surface area contributed by atoms with E-state index >= 15 is 0 Å². The highest BCUT2D eigenvalue weighted by Gasteiger charge is 2.16. The molecule has 58 valence electrons. The molecule has 0 aliphatic rings. The first-order valence-electron chi connectivity index (χ1n) is 2.78. The molecule has 0 spiro atoms. The first-order valence-corrected chi connectivity index (χ1v) is 2.78. The summed E-state index contributed by atoms with van der Waals surface area (Å²) in [5, 5.41) is 13.7. The number of carbonyl (C=O) groups is 1. The monoisotopic (exact) mass is 155 g/mol. The Morgan fingerprint density at radius 2 is 2.45 bits per heavy atom. The molecule has 0 N–H and O–H groups in total. The number of nitrogens with zero attached hydrogens (tertiary/aromatic N) is 3. The fourth-order valence-electron chi connectivity index (χ4n) is 0.718. The minimum Gasteiger partial charge on any atom is -0.296 e. The van der Waals surface area contributed by atoms with E-state index in [1.54, 1.807) is 0 Å². The smallest absolute Gasteiger partial charge is 0.296 e. The largest absolute Gasteiger partial charge is 0.317 e. The lowest BCUT2D eigenvalue weighted by molar-refractivity contribution is -0.385. The number of hydrogen-bond acceptors (Lipinski definition) is 4. The lowest BCUT2D eigenvalue weighted by atomic mass is 10.4. The van der Waals surface area contributed by atoms with Crippen molar-refractivity contribution in [2.24, 2.45) is 7.05 Å². The second-order valence-electron chi connectivity index (χ2n) is 1.95. The average molecular weight is 155 g/mol. The highest BCUT2D eigenvalue weighted by molar-refractivity contribution is 5.77. The van der Waals surface area contributed by atoms with E-state index in [1.165, 1.54) is 17.9 Å². The van der Waals surface area contributed by atoms with E-state index in [2.05, 4.69) is 5.10 Å². The van der Waals surface area contributed by atoms with Crippen molar-refractivity contribution < 1.29 is 9.72 Å². The van der Waals surface area contributed by atoms with Gasteiger partial charge >= 0.3 is 5.69 Å². The van der Waals surface area contributed by atoms with E-state index < -0.39 is 4.92 Å². The molecule has 0 aromatic carbocycles. The van der Waals surface area contributed by atoms with Crippen LogP contribution in [-0.4, -0.2) is 21.0 Å². The molecule has 1 rings (SSSR count). The Hall–Kier alpha value is -1.72. The maximum Gasteiger partial charge on any atom is 0.317 e. The third kappa shape index (κ3) is 1.23. The lowest BCUT2D eigenvalue weighted by Crippen LogP contribution is -1.91. The normalized spacial score (nSPS) is 9.55. The Bertz CT molecular complexity index is 304. The fourth-order valence-corrected chi connectivity index (χ4v) is 0.718. The van der Waals surface area contributed by atoms with Gasteiger partial charge in [0.1, 0.15) is 6.20 Å². The summed E-state index contributed by atoms with van der Waals surface area (Å²) in [7, 11) is 1.51. The third-order valence-electron chi connectivity index (χ3n) is 1.15. The van der Waals surface area contributed by atoms with Crippen LogP contribution in [0.3, 0.4) is 0 Å². The highest BCUT2D eigenvalue weighted by Crippen LogP contribution is 2.12. The number of aromatic nitrogens is 2. The van der Waals surface area contributed by atoms with Crippen molar-refractivity contribution in [3.63, 3.8) is 0 Å². The zero-order chi connectivity index (χ0) is 8.43. The van der Waals surface area contributed by atoms with Gasteiger partial charge in [0.25, 0.3) is 0 Å². The van der Waals surface area contributed by atoms with Crippen LogP contribution >= 0.6 is 0 Å². The van der Waals surface area contributed by atoms with Gasteiger partial charge < -0.3 is 0 Å². The second kappa shape index (κ2) is 2.49. The Labute approximate surface area is 61.6 Å². The van der Waals surface area contributed by atoms with Gasteiger partial charge in [0.15, 0.2) is 6.29 Å². The van der Waals surface area contributed by atoms with E-state index in [0.717, 1.165) is 0 Å². The predicted octanol–water partition coefficient (Wildman–Crippen LogP) is 0.141. The van der Waals surface area contributed by atoms with Gasteiger partial charge in [-0.2, -0.15) is 5.10 Å². The van der Waals surface area contributed by atoms with Crippen LogP contribution in [0, 0.1) is 10.1 Å². The van der Waals surface area contributed by atoms with Crippen LogP contribution < -0.4 is 0 Å². The van der Waals surface area contributed by atoms with E-state index in [0.29, 0.717) is 6.29 Å². The SMILES string of the molecule is Cn1cc([N+](=O)[O-])c(C=O)n1. The molecule has 0 amide bonds. The minimum atomic E-state index is -0.642. The molecule has 1 aromatic heterocycles. The zero-order valence-electron chi connectivity index (χ0n) is 5.72. The molecule has 11 heavy (non-hydrogen) atoms. The highest BCUT2D eigenvalue weighted by atomic mass is 16.6. The Kier molecular flexibility index (Phi) is 1.67. The van der Waals surface area contributed by atoms with Gasteiger partial charge in [-0.3, -0.25) is 19.6 Å². The molecule has 0 fully saturated rings. The summed E-state index contributed by atoms with van der Waals surface area (Å²) in [6, 6.07) is 0. The molecule has 6 nitrogen and oxygen atoms in total. The van der Waals surface area contributed by atoms with Crippen LogP contribution in [-0.2, 0) is 7.05 Å². The van der Waals surface area contributed by atoms with E-state index in [1.807, 2.05) is 0 Å². The summed E-state index contributed by atoms with van der Waals surface area (Å²) in [6.07, 6.45) is 1.54. The fraction of sp³-hybridized carbons (Fsp3) is 0.200. The van der Waals surface area contributed by atoms with Crippen molar-refractivity contribution in [3.05, 3.63) is 22.0 Å². The summed E-state index contributed by atoms with van der Waals surface area (Å²) in [6.45, 7) is 0. The third-order valence-corrected chi connectivity index (χ3v) is 1.15. The van der Waals surface area contributed by atoms with Crippen molar-refractivity contribution in [2.45, 2.75) is 0 Å². The van der Waals surface area contributed by atoms with Crippen LogP contribution in [0.4, 0.5) is 5.69 Å². The molecule has 0 bridgehead atoms. The molecule has 0 unspecified atom stereocenters. The summed E-state index contributed by atoms with van der Waals surface area (Å²) in [5.41, 5.74) is -0.403. The lowest BCUT2D eigenvalue weighted by Gasteiger charge is -1.81. The molecule has 6 heteroatoms. The van der Waals surface area contributed by atoms with Crippen molar-refractivity contribution >= 4 is 12.0 Å². The van der Waals surface area contributed by atoms with Crippen molar-refractivity contribution in [3.8, 4) is 0 Å². The van der Waals surface area contributed by atoms with Crippen molar-refractivity contribution in [1.29, 1.82) is 0 Å². The molecule has 0 radical (unpaired) electrons. The zero-order valence-corrected chi connectivity index (χ0v) is 5.72. The van der Waals surface area contributed by atoms with Gasteiger partial charge in [0.05, 0.1) is 4.92 Å². The maximum atomic E-state index is 10.2. The molecule has 0 aliphatic heterocycles. The molecule has 0 saturated heterocycles. The van der Waals surface area contributed by atoms with Gasteiger partial charge in [-0.05, 0) is 0 Å². The van der Waals surface area contributed by atoms with E-state index in [-0.39, 0.29) is 11.4 Å². The number of aryl methyl sites for hydroxylation is 1. The molecule has 1 heterocycles. The molecule has 0 aliphatic carbocycles. The number of aldehydes is 1. The first-order chi connectivity index (χ1) is 5.15. The Balaban J connectivity index is 3.22. The first kappa shape index (κ1) is 7.39. The van der Waals surface area contributed by atoms with E-state index in [4.69, 9.17) is 0 Å². The number of nitro groups is 1. The van der Waals surface area contributed by atoms with Crippen LogP contribution in [0.25, 0.3) is 0 Å². The number of hydrogen-bond donors (Lipinski definition) is 0. The van der Waals surface area contributed by atoms with Crippen molar-refractivity contribution in [2.75, 3.05) is 0 Å². The van der Waals surface area contributed by atoms with Crippen LogP contribution in [0.5, 0.6) is 0 Å². The maximum absolute atomic E-state index is 10.2. The van der Waals surface area contributed by atoms with Gasteiger partial charge in [-0.1, -0.05) is 0 Å². The molecular formula is C5H5N3O3. The number of rotatable bonds is 2. The average Bonchev–Trinajstić information content (AvgIpc) is 2.30. The quantitative estimate of drug-likeness (QED) is 0.345. The number of carbonyl (C=O) groups excluding carboxylic acids is 1. The summed E-state index contributed by atoms with van der Waals surface area (Å²) in [5.74, 6) is 0. The molecule has 0 atom stereocenters.